The quantitative estimate of drug-likeness (QED) is 0.935. The van der Waals surface area contributed by atoms with Gasteiger partial charge < -0.3 is 10.1 Å². The number of hydrogen-bond donors (Lipinski definition) is 1. The zero-order chi connectivity index (χ0) is 17.3. The monoisotopic (exact) mass is 325 g/mol. The molecule has 6 nitrogen and oxygen atoms in total. The zero-order valence-corrected chi connectivity index (χ0v) is 14.6. The Morgan fingerprint density at radius 2 is 2.17 bits per heavy atom. The van der Waals surface area contributed by atoms with Gasteiger partial charge in [0.1, 0.15) is 11.9 Å². The number of ether oxygens (including phenoxy) is 1. The molecule has 1 aliphatic heterocycles. The molecular weight excluding hydrogens is 302 g/mol. The molecule has 2 aromatic heterocycles. The van der Waals surface area contributed by atoms with Crippen molar-refractivity contribution in [3.63, 3.8) is 0 Å². The predicted molar refractivity (Wildman–Crippen MR) is 91.7 cm³/mol. The largest absolute Gasteiger partial charge is 0.373 e. The number of anilines is 1. The van der Waals surface area contributed by atoms with Crippen LogP contribution in [0.4, 0.5) is 5.82 Å². The maximum atomic E-state index is 9.24. The van der Waals surface area contributed by atoms with Gasteiger partial charge in [-0.05, 0) is 39.3 Å². The molecule has 0 amide bonds. The van der Waals surface area contributed by atoms with Crippen LogP contribution in [0.5, 0.6) is 0 Å². The van der Waals surface area contributed by atoms with E-state index in [1.165, 1.54) is 5.56 Å². The summed E-state index contributed by atoms with van der Waals surface area (Å²) in [5.41, 5.74) is 4.84. The average molecular weight is 325 g/mol. The predicted octanol–water partition coefficient (Wildman–Crippen LogP) is 2.80. The second-order valence-corrected chi connectivity index (χ2v) is 6.39. The van der Waals surface area contributed by atoms with Crippen LogP contribution in [0.1, 0.15) is 40.7 Å². The molecule has 0 saturated carbocycles. The Morgan fingerprint density at radius 3 is 2.83 bits per heavy atom. The van der Waals surface area contributed by atoms with Gasteiger partial charge in [-0.15, -0.1) is 0 Å². The van der Waals surface area contributed by atoms with Crippen molar-refractivity contribution in [3.05, 3.63) is 40.3 Å². The number of hydrogen-bond acceptors (Lipinski definition) is 5. The maximum absolute atomic E-state index is 9.24. The highest BCUT2D eigenvalue weighted by molar-refractivity contribution is 5.52. The van der Waals surface area contributed by atoms with Gasteiger partial charge in [-0.1, -0.05) is 0 Å². The van der Waals surface area contributed by atoms with Crippen LogP contribution in [0.3, 0.4) is 0 Å². The van der Waals surface area contributed by atoms with E-state index in [2.05, 4.69) is 28.4 Å². The second-order valence-electron chi connectivity index (χ2n) is 6.39. The molecule has 3 rings (SSSR count). The molecule has 24 heavy (non-hydrogen) atoms. The van der Waals surface area contributed by atoms with Gasteiger partial charge in [-0.3, -0.25) is 4.68 Å². The Hall–Kier alpha value is -2.39. The fraction of sp³-hybridized carbons (Fsp3) is 0.500. The van der Waals surface area contributed by atoms with Gasteiger partial charge >= 0.3 is 0 Å². The molecule has 6 heteroatoms. The minimum atomic E-state index is 0.0431. The normalized spacial score (nSPS) is 20.1. The van der Waals surface area contributed by atoms with Crippen molar-refractivity contribution in [3.8, 4) is 6.07 Å². The third-order valence-corrected chi connectivity index (χ3v) is 4.75. The summed E-state index contributed by atoms with van der Waals surface area (Å²) in [6.07, 6.45) is 1.03. The Kier molecular flexibility index (Phi) is 4.54. The van der Waals surface area contributed by atoms with Crippen molar-refractivity contribution in [1.82, 2.24) is 14.8 Å². The van der Waals surface area contributed by atoms with Crippen LogP contribution in [0.2, 0.25) is 0 Å². The van der Waals surface area contributed by atoms with Crippen LogP contribution in [0.25, 0.3) is 0 Å². The summed E-state index contributed by atoms with van der Waals surface area (Å²) in [6.45, 7) is 7.51. The molecule has 3 heterocycles. The van der Waals surface area contributed by atoms with E-state index in [0.717, 1.165) is 36.7 Å². The van der Waals surface area contributed by atoms with E-state index in [9.17, 15) is 5.26 Å². The van der Waals surface area contributed by atoms with Gasteiger partial charge in [0.25, 0.3) is 0 Å². The van der Waals surface area contributed by atoms with Gasteiger partial charge in [-0.2, -0.15) is 10.4 Å². The van der Waals surface area contributed by atoms with E-state index in [-0.39, 0.29) is 6.10 Å². The lowest BCUT2D eigenvalue weighted by Gasteiger charge is -2.20. The third-order valence-electron chi connectivity index (χ3n) is 4.75. The number of rotatable bonds is 4. The van der Waals surface area contributed by atoms with Crippen LogP contribution >= 0.6 is 0 Å². The number of nitrogens with zero attached hydrogens (tertiary/aromatic N) is 4. The van der Waals surface area contributed by atoms with E-state index in [0.29, 0.717) is 17.3 Å². The first-order chi connectivity index (χ1) is 11.5. The number of nitriles is 1. The molecule has 0 bridgehead atoms. The first-order valence-electron chi connectivity index (χ1n) is 8.24. The van der Waals surface area contributed by atoms with Crippen LogP contribution < -0.4 is 5.32 Å². The molecule has 0 aromatic carbocycles. The molecule has 2 atom stereocenters. The van der Waals surface area contributed by atoms with E-state index in [1.54, 1.807) is 0 Å². The summed E-state index contributed by atoms with van der Waals surface area (Å²) in [5.74, 6) is 0.989. The lowest BCUT2D eigenvalue weighted by molar-refractivity contribution is 0.0922. The molecule has 0 unspecified atom stereocenters. The highest BCUT2D eigenvalue weighted by Gasteiger charge is 2.33. The molecule has 126 valence electrons. The van der Waals surface area contributed by atoms with E-state index in [1.807, 2.05) is 37.7 Å². The maximum Gasteiger partial charge on any atom is 0.144 e. The third kappa shape index (κ3) is 3.00. The van der Waals surface area contributed by atoms with Gasteiger partial charge in [0, 0.05) is 43.1 Å². The molecule has 1 aliphatic rings. The molecule has 0 radical (unpaired) electrons. The summed E-state index contributed by atoms with van der Waals surface area (Å²) in [7, 11) is 1.96. The molecular formula is C18H23N5O. The van der Waals surface area contributed by atoms with Crippen LogP contribution in [0.15, 0.2) is 12.1 Å². The highest BCUT2D eigenvalue weighted by atomic mass is 16.5. The first kappa shape index (κ1) is 16.5. The molecule has 1 saturated heterocycles. The zero-order valence-electron chi connectivity index (χ0n) is 14.6. The molecule has 0 spiro atoms. The van der Waals surface area contributed by atoms with Crippen LogP contribution in [-0.4, -0.2) is 27.9 Å². The molecule has 1 fully saturated rings. The minimum absolute atomic E-state index is 0.0431. The van der Waals surface area contributed by atoms with Crippen molar-refractivity contribution in [2.45, 2.75) is 33.3 Å². The van der Waals surface area contributed by atoms with Crippen molar-refractivity contribution in [2.75, 3.05) is 18.5 Å². The van der Waals surface area contributed by atoms with E-state index < -0.39 is 0 Å². The van der Waals surface area contributed by atoms with Gasteiger partial charge in [0.15, 0.2) is 0 Å². The van der Waals surface area contributed by atoms with Gasteiger partial charge in [0.05, 0.1) is 17.4 Å². The fourth-order valence-corrected chi connectivity index (χ4v) is 3.37. The van der Waals surface area contributed by atoms with Crippen molar-refractivity contribution < 1.29 is 4.74 Å². The Labute approximate surface area is 142 Å². The number of nitrogens with one attached hydrogen (secondary N) is 1. The smallest absolute Gasteiger partial charge is 0.144 e. The van der Waals surface area contributed by atoms with Gasteiger partial charge in [-0.25, -0.2) is 4.98 Å². The second kappa shape index (κ2) is 6.62. The summed E-state index contributed by atoms with van der Waals surface area (Å²) in [6, 6.07) is 5.86. The van der Waals surface area contributed by atoms with Gasteiger partial charge in [0.2, 0.25) is 0 Å². The average Bonchev–Trinajstić information content (AvgIpc) is 3.10. The number of aromatic nitrogens is 3. The Bertz CT molecular complexity index is 789. The van der Waals surface area contributed by atoms with Crippen LogP contribution in [-0.2, 0) is 11.8 Å². The molecule has 0 aliphatic carbocycles. The van der Waals surface area contributed by atoms with Crippen LogP contribution in [0, 0.1) is 38.0 Å². The minimum Gasteiger partial charge on any atom is -0.373 e. The lowest BCUT2D eigenvalue weighted by atomic mass is 9.94. The van der Waals surface area contributed by atoms with Crippen molar-refractivity contribution >= 4 is 5.82 Å². The number of pyridine rings is 1. The summed E-state index contributed by atoms with van der Waals surface area (Å²) < 4.78 is 7.93. The fourth-order valence-electron chi connectivity index (χ4n) is 3.37. The van der Waals surface area contributed by atoms with Crippen molar-refractivity contribution in [2.24, 2.45) is 13.0 Å². The summed E-state index contributed by atoms with van der Waals surface area (Å²) in [5, 5.41) is 17.1. The summed E-state index contributed by atoms with van der Waals surface area (Å²) >= 11 is 0. The Balaban J connectivity index is 1.78. The molecule has 2 aromatic rings. The SMILES string of the molecule is Cc1ccc(C#N)c(NC[C@H]2CCO[C@@H]2c2c(C)nn(C)c2C)n1. The van der Waals surface area contributed by atoms with E-state index >= 15 is 0 Å². The highest BCUT2D eigenvalue weighted by Crippen LogP contribution is 2.37. The summed E-state index contributed by atoms with van der Waals surface area (Å²) in [4.78, 5) is 4.45. The topological polar surface area (TPSA) is 75.8 Å². The number of aryl methyl sites for hydroxylation is 3. The Morgan fingerprint density at radius 1 is 1.38 bits per heavy atom. The first-order valence-corrected chi connectivity index (χ1v) is 8.24. The van der Waals surface area contributed by atoms with E-state index in [4.69, 9.17) is 4.74 Å². The standard InChI is InChI=1S/C18H23N5O/c1-11-5-6-14(9-19)18(21-11)20-10-15-7-8-24-17(15)16-12(2)22-23(4)13(16)3/h5-6,15,17H,7-8,10H2,1-4H3,(H,20,21)/t15-,17+/m1/s1. The van der Waals surface area contributed by atoms with Crippen molar-refractivity contribution in [1.29, 1.82) is 5.26 Å². The molecule has 1 N–H and O–H groups in total. The lowest BCUT2D eigenvalue weighted by Crippen LogP contribution is -2.20.